The number of hydrogen-bond acceptors (Lipinski definition) is 8. The Balaban J connectivity index is 1.52. The van der Waals surface area contributed by atoms with E-state index in [0.29, 0.717) is 4.67 Å². The minimum absolute atomic E-state index is 0.0890. The van der Waals surface area contributed by atoms with Crippen molar-refractivity contribution in [2.24, 2.45) is 0 Å². The quantitative estimate of drug-likeness (QED) is 0.270. The molecule has 13 heteroatoms. The first-order valence-electron chi connectivity index (χ1n) is 10.1. The molecule has 1 N–H and O–H groups in total. The standard InChI is InChI=1S/C21H18BrFN6O5/c1-3-29(7-6-28(2)20(31)13-4-5-14(22)34-13)21(32)18(30)11-8-24-16-15(11)12(23)9-25-17(16)19-26-10-33-27-19/h4-5,8-10,24H,3,6-7H2,1-2H3. The summed E-state index contributed by atoms with van der Waals surface area (Å²) in [6, 6.07) is 3.13. The Morgan fingerprint density at radius 3 is 2.65 bits per heavy atom. The van der Waals surface area contributed by atoms with Crippen molar-refractivity contribution < 1.29 is 27.7 Å². The summed E-state index contributed by atoms with van der Waals surface area (Å²) in [6.07, 6.45) is 3.27. The van der Waals surface area contributed by atoms with Gasteiger partial charge < -0.3 is 23.7 Å². The Bertz CT molecular complexity index is 1370. The van der Waals surface area contributed by atoms with Crippen LogP contribution in [-0.2, 0) is 4.79 Å². The molecule has 0 aliphatic rings. The number of nitrogens with zero attached hydrogens (tertiary/aromatic N) is 5. The van der Waals surface area contributed by atoms with Crippen LogP contribution >= 0.6 is 15.9 Å². The van der Waals surface area contributed by atoms with Crippen molar-refractivity contribution in [3.63, 3.8) is 0 Å². The highest BCUT2D eigenvalue weighted by molar-refractivity contribution is 9.10. The van der Waals surface area contributed by atoms with Gasteiger partial charge in [0.15, 0.2) is 16.2 Å². The molecule has 0 fully saturated rings. The minimum Gasteiger partial charge on any atom is -0.444 e. The molecule has 0 aliphatic carbocycles. The van der Waals surface area contributed by atoms with E-state index in [9.17, 15) is 18.8 Å². The summed E-state index contributed by atoms with van der Waals surface area (Å²) in [4.78, 5) is 51.7. The van der Waals surface area contributed by atoms with Gasteiger partial charge in [0.2, 0.25) is 12.2 Å². The molecule has 2 amide bonds. The number of likely N-dealkylation sites (N-methyl/N-ethyl adjacent to an activating group) is 2. The first-order valence-corrected chi connectivity index (χ1v) is 10.9. The van der Waals surface area contributed by atoms with Crippen LogP contribution in [0.3, 0.4) is 0 Å². The molecule has 0 saturated heterocycles. The van der Waals surface area contributed by atoms with Crippen molar-refractivity contribution in [3.05, 3.63) is 52.7 Å². The lowest BCUT2D eigenvalue weighted by molar-refractivity contribution is -0.126. The van der Waals surface area contributed by atoms with Gasteiger partial charge in [0.1, 0.15) is 5.69 Å². The summed E-state index contributed by atoms with van der Waals surface area (Å²) in [5.41, 5.74) is 0.192. The Labute approximate surface area is 200 Å². The number of aromatic amines is 1. The topological polar surface area (TPSA) is 138 Å². The largest absolute Gasteiger partial charge is 0.444 e. The number of nitrogens with one attached hydrogen (secondary N) is 1. The van der Waals surface area contributed by atoms with E-state index in [1.165, 1.54) is 22.1 Å². The number of rotatable bonds is 8. The van der Waals surface area contributed by atoms with Gasteiger partial charge in [0.05, 0.1) is 22.7 Å². The second-order valence-corrected chi connectivity index (χ2v) is 7.99. The fourth-order valence-electron chi connectivity index (χ4n) is 3.38. The maximum Gasteiger partial charge on any atom is 0.295 e. The van der Waals surface area contributed by atoms with E-state index < -0.39 is 17.5 Å². The fourth-order valence-corrected chi connectivity index (χ4v) is 3.69. The van der Waals surface area contributed by atoms with Crippen LogP contribution in [0, 0.1) is 5.82 Å². The average Bonchev–Trinajstić information content (AvgIpc) is 3.59. The molecule has 0 spiro atoms. The van der Waals surface area contributed by atoms with Crippen LogP contribution in [0.2, 0.25) is 0 Å². The molecular weight excluding hydrogens is 515 g/mol. The zero-order chi connectivity index (χ0) is 24.4. The summed E-state index contributed by atoms with van der Waals surface area (Å²) in [7, 11) is 1.56. The molecular formula is C21H18BrFN6O5. The van der Waals surface area contributed by atoms with E-state index >= 15 is 0 Å². The van der Waals surface area contributed by atoms with Gasteiger partial charge in [-0.25, -0.2) is 9.37 Å². The monoisotopic (exact) mass is 532 g/mol. The van der Waals surface area contributed by atoms with Gasteiger partial charge in [-0.2, -0.15) is 4.98 Å². The number of fused-ring (bicyclic) bond motifs is 1. The van der Waals surface area contributed by atoms with Crippen molar-refractivity contribution in [1.29, 1.82) is 0 Å². The third-order valence-electron chi connectivity index (χ3n) is 5.18. The van der Waals surface area contributed by atoms with Crippen LogP contribution in [0.25, 0.3) is 22.4 Å². The van der Waals surface area contributed by atoms with Gasteiger partial charge in [0, 0.05) is 32.9 Å². The summed E-state index contributed by atoms with van der Waals surface area (Å²) in [5, 5.41) is 3.59. The Kier molecular flexibility index (Phi) is 6.54. The molecule has 4 aromatic heterocycles. The molecule has 0 unspecified atom stereocenters. The van der Waals surface area contributed by atoms with Crippen LogP contribution in [0.15, 0.2) is 44.5 Å². The number of pyridine rings is 1. The van der Waals surface area contributed by atoms with Gasteiger partial charge in [-0.3, -0.25) is 14.4 Å². The van der Waals surface area contributed by atoms with E-state index in [1.807, 2.05) is 0 Å². The molecule has 4 heterocycles. The SMILES string of the molecule is CCN(CCN(C)C(=O)c1ccc(Br)o1)C(=O)C(=O)c1c[nH]c2c(-c3ncon3)ncc(F)c12. The highest BCUT2D eigenvalue weighted by Gasteiger charge is 2.28. The molecule has 0 radical (unpaired) electrons. The van der Waals surface area contributed by atoms with Crippen LogP contribution in [0.5, 0.6) is 0 Å². The average molecular weight is 533 g/mol. The van der Waals surface area contributed by atoms with Crippen molar-refractivity contribution in [3.8, 4) is 11.5 Å². The van der Waals surface area contributed by atoms with Crippen molar-refractivity contribution >= 4 is 44.4 Å². The van der Waals surface area contributed by atoms with Crippen LogP contribution in [0.4, 0.5) is 4.39 Å². The van der Waals surface area contributed by atoms with Gasteiger partial charge in [-0.05, 0) is 35.0 Å². The zero-order valence-corrected chi connectivity index (χ0v) is 19.6. The molecule has 0 aromatic carbocycles. The van der Waals surface area contributed by atoms with E-state index in [1.54, 1.807) is 20.0 Å². The predicted octanol–water partition coefficient (Wildman–Crippen LogP) is 2.91. The predicted molar refractivity (Wildman–Crippen MR) is 119 cm³/mol. The van der Waals surface area contributed by atoms with Gasteiger partial charge in [0.25, 0.3) is 17.6 Å². The van der Waals surface area contributed by atoms with Gasteiger partial charge in [-0.15, -0.1) is 0 Å². The van der Waals surface area contributed by atoms with Crippen LogP contribution < -0.4 is 0 Å². The van der Waals surface area contributed by atoms with Gasteiger partial charge in [-0.1, -0.05) is 5.16 Å². The fraction of sp³-hybridized carbons (Fsp3) is 0.238. The number of furan rings is 1. The molecule has 0 bridgehead atoms. The Morgan fingerprint density at radius 1 is 1.21 bits per heavy atom. The third kappa shape index (κ3) is 4.33. The maximum atomic E-state index is 14.6. The van der Waals surface area contributed by atoms with E-state index in [-0.39, 0.29) is 59.3 Å². The molecule has 0 saturated carbocycles. The normalized spacial score (nSPS) is 11.1. The second-order valence-electron chi connectivity index (χ2n) is 7.21. The van der Waals surface area contributed by atoms with Crippen LogP contribution in [-0.4, -0.2) is 74.2 Å². The summed E-state index contributed by atoms with van der Waals surface area (Å²) in [6.45, 7) is 2.15. The van der Waals surface area contributed by atoms with E-state index in [2.05, 4.69) is 36.0 Å². The highest BCUT2D eigenvalue weighted by atomic mass is 79.9. The first kappa shape index (κ1) is 23.3. The number of halogens is 2. The summed E-state index contributed by atoms with van der Waals surface area (Å²) >= 11 is 3.14. The number of H-pyrrole nitrogens is 1. The molecule has 4 aromatic rings. The second kappa shape index (κ2) is 9.55. The zero-order valence-electron chi connectivity index (χ0n) is 18.0. The number of carbonyl (C=O) groups excluding carboxylic acids is 3. The molecule has 0 aliphatic heterocycles. The number of carbonyl (C=O) groups is 3. The van der Waals surface area contributed by atoms with Crippen molar-refractivity contribution in [1.82, 2.24) is 29.9 Å². The number of amides is 2. The molecule has 176 valence electrons. The van der Waals surface area contributed by atoms with Crippen molar-refractivity contribution in [2.75, 3.05) is 26.7 Å². The molecule has 11 nitrogen and oxygen atoms in total. The number of hydrogen-bond donors (Lipinski definition) is 1. The lowest BCUT2D eigenvalue weighted by Gasteiger charge is -2.23. The van der Waals surface area contributed by atoms with Gasteiger partial charge >= 0.3 is 0 Å². The Morgan fingerprint density at radius 2 is 2.00 bits per heavy atom. The third-order valence-corrected chi connectivity index (χ3v) is 5.61. The van der Waals surface area contributed by atoms with Crippen molar-refractivity contribution in [2.45, 2.75) is 6.92 Å². The minimum atomic E-state index is -0.902. The number of ketones is 1. The molecule has 4 rings (SSSR count). The summed E-state index contributed by atoms with van der Waals surface area (Å²) in [5.74, 6) is -2.65. The molecule has 34 heavy (non-hydrogen) atoms. The highest BCUT2D eigenvalue weighted by Crippen LogP contribution is 2.28. The number of aromatic nitrogens is 4. The number of Topliss-reactive ketones (excluding diaryl/α,β-unsaturated/α-hetero) is 1. The Hall–Kier alpha value is -3.87. The van der Waals surface area contributed by atoms with E-state index in [0.717, 1.165) is 12.6 Å². The maximum absolute atomic E-state index is 14.6. The smallest absolute Gasteiger partial charge is 0.295 e. The van der Waals surface area contributed by atoms with Crippen LogP contribution in [0.1, 0.15) is 27.8 Å². The summed E-state index contributed by atoms with van der Waals surface area (Å²) < 4.78 is 25.0. The lowest BCUT2D eigenvalue weighted by Crippen LogP contribution is -2.42. The molecule has 0 atom stereocenters. The lowest BCUT2D eigenvalue weighted by atomic mass is 10.1. The van der Waals surface area contributed by atoms with E-state index in [4.69, 9.17) is 8.94 Å². The first-order chi connectivity index (χ1) is 16.3.